The van der Waals surface area contributed by atoms with Gasteiger partial charge in [0.2, 0.25) is 0 Å². The van der Waals surface area contributed by atoms with Crippen LogP contribution in [0, 0.1) is 0 Å². The van der Waals surface area contributed by atoms with E-state index in [4.69, 9.17) is 10.3 Å². The van der Waals surface area contributed by atoms with Crippen LogP contribution in [0.2, 0.25) is 0 Å². The minimum Gasteiger partial charge on any atom is -0.398 e. The van der Waals surface area contributed by atoms with Gasteiger partial charge < -0.3 is 15.9 Å². The number of carbonyl (C=O) groups excluding carboxylic acids is 3. The molecule has 2 rings (SSSR count). The second-order valence-corrected chi connectivity index (χ2v) is 8.23. The van der Waals surface area contributed by atoms with Crippen LogP contribution in [0.25, 0.3) is 0 Å². The number of thioether (sulfide) groups is 1. The number of anilines is 1. The summed E-state index contributed by atoms with van der Waals surface area (Å²) in [7, 11) is -3.69. The Labute approximate surface area is 155 Å². The molecule has 0 aromatic carbocycles. The number of carbonyl (C=O) groups is 3. The van der Waals surface area contributed by atoms with E-state index in [1.54, 1.807) is 0 Å². The Hall–Kier alpha value is -2.23. The standard InChI is InChI=1S/C11H13N5O7S3/c1-4(17)25-10-7(9(19)16(10)26(20,21)22)14-8(18)6(15-23-2)5-3-24-11(12)13-5/h3,7,10H,1-2H3,(H2,12,13)(H,14,18)(H,20,21,22)/t7-,10-/m1/s1. The van der Waals surface area contributed by atoms with Gasteiger partial charge in [0, 0.05) is 12.3 Å². The van der Waals surface area contributed by atoms with Crippen molar-refractivity contribution in [3.8, 4) is 0 Å². The van der Waals surface area contributed by atoms with E-state index < -0.39 is 38.6 Å². The molecule has 1 aliphatic rings. The van der Waals surface area contributed by atoms with Crippen LogP contribution >= 0.6 is 23.1 Å². The molecule has 26 heavy (non-hydrogen) atoms. The molecule has 1 saturated heterocycles. The SMILES string of the molecule is CON=C(C(=O)N[C@@H]1C(=O)N(S(=O)(=O)O)[C@@H]1SC(C)=O)c1csc(N)n1. The number of hydrogen-bond donors (Lipinski definition) is 3. The third-order valence-electron chi connectivity index (χ3n) is 2.98. The van der Waals surface area contributed by atoms with Crippen molar-refractivity contribution in [2.75, 3.05) is 12.8 Å². The maximum absolute atomic E-state index is 12.4. The molecule has 0 aliphatic carbocycles. The number of nitrogens with two attached hydrogens (primary N) is 1. The number of amides is 2. The van der Waals surface area contributed by atoms with Crippen molar-refractivity contribution in [3.63, 3.8) is 0 Å². The zero-order chi connectivity index (χ0) is 19.6. The van der Waals surface area contributed by atoms with Crippen LogP contribution in [-0.4, -0.2) is 63.4 Å². The normalized spacial score (nSPS) is 20.5. The molecular formula is C11H13N5O7S3. The fourth-order valence-corrected chi connectivity index (χ4v) is 4.59. The quantitative estimate of drug-likeness (QED) is 0.218. The summed E-state index contributed by atoms with van der Waals surface area (Å²) in [5, 5.41) is 5.52. The number of hydrogen-bond acceptors (Lipinski definition) is 11. The average Bonchev–Trinajstić information content (AvgIpc) is 2.94. The molecule has 0 unspecified atom stereocenters. The lowest BCUT2D eigenvalue weighted by atomic mass is 10.1. The van der Waals surface area contributed by atoms with E-state index >= 15 is 0 Å². The zero-order valence-electron chi connectivity index (χ0n) is 13.3. The first-order valence-electron chi connectivity index (χ1n) is 6.67. The molecule has 2 amide bonds. The Kier molecular flexibility index (Phi) is 5.84. The molecule has 0 spiro atoms. The third-order valence-corrected chi connectivity index (χ3v) is 5.75. The molecule has 2 heterocycles. The van der Waals surface area contributed by atoms with E-state index in [-0.39, 0.29) is 20.8 Å². The van der Waals surface area contributed by atoms with Gasteiger partial charge in [-0.15, -0.1) is 11.3 Å². The smallest absolute Gasteiger partial charge is 0.363 e. The summed E-state index contributed by atoms with van der Waals surface area (Å²) in [6.45, 7) is 1.14. The van der Waals surface area contributed by atoms with E-state index in [1.165, 1.54) is 12.5 Å². The molecule has 15 heteroatoms. The molecule has 0 bridgehead atoms. The van der Waals surface area contributed by atoms with Gasteiger partial charge in [-0.25, -0.2) is 4.98 Å². The van der Waals surface area contributed by atoms with Gasteiger partial charge in [-0.2, -0.15) is 12.7 Å². The Morgan fingerprint density at radius 2 is 2.19 bits per heavy atom. The van der Waals surface area contributed by atoms with Crippen LogP contribution in [0.4, 0.5) is 5.13 Å². The highest BCUT2D eigenvalue weighted by Gasteiger charge is 2.55. The van der Waals surface area contributed by atoms with Crippen LogP contribution in [0.5, 0.6) is 0 Å². The molecule has 1 aromatic heterocycles. The van der Waals surface area contributed by atoms with Crippen LogP contribution < -0.4 is 11.1 Å². The number of rotatable bonds is 6. The highest BCUT2D eigenvalue weighted by atomic mass is 32.2. The first-order chi connectivity index (χ1) is 12.1. The summed E-state index contributed by atoms with van der Waals surface area (Å²) < 4.78 is 31.7. The largest absolute Gasteiger partial charge is 0.398 e. The third kappa shape index (κ3) is 4.12. The van der Waals surface area contributed by atoms with Gasteiger partial charge >= 0.3 is 10.3 Å². The van der Waals surface area contributed by atoms with Crippen molar-refractivity contribution in [2.24, 2.45) is 5.16 Å². The number of nitrogen functional groups attached to an aromatic ring is 1. The maximum Gasteiger partial charge on any atom is 0.363 e. The predicted molar refractivity (Wildman–Crippen MR) is 92.5 cm³/mol. The summed E-state index contributed by atoms with van der Waals surface area (Å²) in [5.41, 5.74) is 5.28. The first kappa shape index (κ1) is 20.1. The van der Waals surface area contributed by atoms with Crippen molar-refractivity contribution in [1.82, 2.24) is 14.6 Å². The van der Waals surface area contributed by atoms with Crippen LogP contribution in [-0.2, 0) is 29.5 Å². The summed E-state index contributed by atoms with van der Waals surface area (Å²) in [5.74, 6) is -2.01. The van der Waals surface area contributed by atoms with Crippen molar-refractivity contribution in [1.29, 1.82) is 0 Å². The Bertz CT molecular complexity index is 880. The van der Waals surface area contributed by atoms with Gasteiger partial charge in [0.05, 0.1) is 0 Å². The summed E-state index contributed by atoms with van der Waals surface area (Å²) >= 11 is 1.50. The molecule has 1 aromatic rings. The molecule has 12 nitrogen and oxygen atoms in total. The highest BCUT2D eigenvalue weighted by molar-refractivity contribution is 8.14. The molecule has 1 aliphatic heterocycles. The van der Waals surface area contributed by atoms with Gasteiger partial charge in [-0.3, -0.25) is 18.9 Å². The number of oxime groups is 1. The van der Waals surface area contributed by atoms with Crippen LogP contribution in [0.3, 0.4) is 0 Å². The molecular weight excluding hydrogens is 410 g/mol. The van der Waals surface area contributed by atoms with Gasteiger partial charge in [0.1, 0.15) is 24.2 Å². The first-order valence-corrected chi connectivity index (χ1v) is 9.83. The molecule has 0 radical (unpaired) electrons. The summed E-state index contributed by atoms with van der Waals surface area (Å²) in [6.07, 6.45) is 0. The maximum atomic E-state index is 12.4. The number of β-lactam (4-membered cyclic amide) rings is 1. The van der Waals surface area contributed by atoms with Gasteiger partial charge in [-0.1, -0.05) is 16.9 Å². The van der Waals surface area contributed by atoms with Crippen molar-refractivity contribution < 1.29 is 32.2 Å². The lowest BCUT2D eigenvalue weighted by Gasteiger charge is -2.42. The minimum absolute atomic E-state index is 0.0843. The summed E-state index contributed by atoms with van der Waals surface area (Å²) in [6, 6.07) is -1.38. The van der Waals surface area contributed by atoms with Crippen molar-refractivity contribution in [2.45, 2.75) is 18.3 Å². The molecule has 2 atom stereocenters. The molecule has 142 valence electrons. The van der Waals surface area contributed by atoms with E-state index in [0.717, 1.165) is 18.3 Å². The number of thiazole rings is 1. The monoisotopic (exact) mass is 423 g/mol. The predicted octanol–water partition coefficient (Wildman–Crippen LogP) is -1.19. The van der Waals surface area contributed by atoms with Gasteiger partial charge in [0.25, 0.3) is 11.8 Å². The minimum atomic E-state index is -4.88. The van der Waals surface area contributed by atoms with Crippen molar-refractivity contribution >= 4 is 61.2 Å². The van der Waals surface area contributed by atoms with E-state index in [9.17, 15) is 22.8 Å². The summed E-state index contributed by atoms with van der Waals surface area (Å²) in [4.78, 5) is 44.1. The van der Waals surface area contributed by atoms with E-state index in [0.29, 0.717) is 11.8 Å². The van der Waals surface area contributed by atoms with E-state index in [1.807, 2.05) is 0 Å². The average molecular weight is 423 g/mol. The van der Waals surface area contributed by atoms with Crippen molar-refractivity contribution in [3.05, 3.63) is 11.1 Å². The number of aromatic nitrogens is 1. The second kappa shape index (κ2) is 7.56. The topological polar surface area (TPSA) is 181 Å². The Balaban J connectivity index is 2.24. The number of nitrogens with one attached hydrogen (secondary N) is 1. The second-order valence-electron chi connectivity index (χ2n) is 4.76. The number of nitrogens with zero attached hydrogens (tertiary/aromatic N) is 3. The fourth-order valence-electron chi connectivity index (χ4n) is 2.00. The lowest BCUT2D eigenvalue weighted by Crippen LogP contribution is -2.71. The molecule has 1 fully saturated rings. The van der Waals surface area contributed by atoms with E-state index in [2.05, 4.69) is 20.3 Å². The van der Waals surface area contributed by atoms with Gasteiger partial charge in [0.15, 0.2) is 16.0 Å². The molecule has 0 saturated carbocycles. The zero-order valence-corrected chi connectivity index (χ0v) is 15.7. The fraction of sp³-hybridized carbons (Fsp3) is 0.364. The van der Waals surface area contributed by atoms with Gasteiger partial charge in [-0.05, 0) is 0 Å². The van der Waals surface area contributed by atoms with Crippen LogP contribution in [0.15, 0.2) is 10.5 Å². The Morgan fingerprint density at radius 1 is 1.54 bits per heavy atom. The van der Waals surface area contributed by atoms with Crippen LogP contribution in [0.1, 0.15) is 12.6 Å². The molecule has 4 N–H and O–H groups in total. The lowest BCUT2D eigenvalue weighted by molar-refractivity contribution is -0.141. The Morgan fingerprint density at radius 3 is 2.65 bits per heavy atom. The highest BCUT2D eigenvalue weighted by Crippen LogP contribution is 2.32.